The Morgan fingerprint density at radius 1 is 1.05 bits per heavy atom. The minimum absolute atomic E-state index is 0.791. The predicted octanol–water partition coefficient (Wildman–Crippen LogP) is 3.47. The van der Waals surface area contributed by atoms with Crippen molar-refractivity contribution in [1.82, 2.24) is 10.6 Å². The van der Waals surface area contributed by atoms with Crippen LogP contribution in [0.5, 0.6) is 0 Å². The van der Waals surface area contributed by atoms with Crippen LogP contribution in [0.3, 0.4) is 0 Å². The first-order chi connectivity index (χ1) is 9.36. The van der Waals surface area contributed by atoms with Crippen LogP contribution >= 0.6 is 0 Å². The van der Waals surface area contributed by atoms with E-state index in [1.54, 1.807) is 0 Å². The zero-order chi connectivity index (χ0) is 13.1. The Morgan fingerprint density at radius 3 is 2.58 bits per heavy atom. The van der Waals surface area contributed by atoms with E-state index in [0.717, 1.165) is 30.0 Å². The highest BCUT2D eigenvalue weighted by atomic mass is 15.0. The van der Waals surface area contributed by atoms with Gasteiger partial charge in [-0.3, -0.25) is 0 Å². The third kappa shape index (κ3) is 3.72. The summed E-state index contributed by atoms with van der Waals surface area (Å²) < 4.78 is 0. The molecule has 19 heavy (non-hydrogen) atoms. The fourth-order valence-electron chi connectivity index (χ4n) is 4.34. The van der Waals surface area contributed by atoms with Gasteiger partial charge in [-0.1, -0.05) is 32.6 Å². The van der Waals surface area contributed by atoms with Gasteiger partial charge in [0, 0.05) is 18.1 Å². The van der Waals surface area contributed by atoms with Crippen molar-refractivity contribution in [3.8, 4) is 0 Å². The lowest BCUT2D eigenvalue weighted by Gasteiger charge is -2.38. The SMILES string of the molecule is CCC(CC1CC1)NC1CCCCC1C1CCCN1. The van der Waals surface area contributed by atoms with Gasteiger partial charge in [0.05, 0.1) is 0 Å². The molecule has 3 aliphatic rings. The second-order valence-electron chi connectivity index (χ2n) is 7.21. The molecule has 1 heterocycles. The molecular weight excluding hydrogens is 232 g/mol. The van der Waals surface area contributed by atoms with Crippen molar-refractivity contribution >= 4 is 0 Å². The molecule has 0 aromatic heterocycles. The van der Waals surface area contributed by atoms with Gasteiger partial charge in [-0.05, 0) is 56.9 Å². The molecule has 3 fully saturated rings. The molecule has 1 aliphatic heterocycles. The summed E-state index contributed by atoms with van der Waals surface area (Å²) in [6.45, 7) is 3.62. The van der Waals surface area contributed by atoms with E-state index in [2.05, 4.69) is 17.6 Å². The van der Waals surface area contributed by atoms with Crippen molar-refractivity contribution < 1.29 is 0 Å². The molecule has 1 saturated heterocycles. The topological polar surface area (TPSA) is 24.1 Å². The van der Waals surface area contributed by atoms with E-state index in [4.69, 9.17) is 0 Å². The number of hydrogen-bond acceptors (Lipinski definition) is 2. The van der Waals surface area contributed by atoms with Crippen molar-refractivity contribution in [1.29, 1.82) is 0 Å². The maximum Gasteiger partial charge on any atom is 0.0113 e. The first-order valence-corrected chi connectivity index (χ1v) is 8.86. The van der Waals surface area contributed by atoms with E-state index in [1.807, 2.05) is 0 Å². The van der Waals surface area contributed by atoms with Crippen LogP contribution < -0.4 is 10.6 Å². The minimum Gasteiger partial charge on any atom is -0.314 e. The van der Waals surface area contributed by atoms with Gasteiger partial charge >= 0.3 is 0 Å². The highest BCUT2D eigenvalue weighted by Crippen LogP contribution is 2.35. The number of rotatable bonds is 6. The van der Waals surface area contributed by atoms with Gasteiger partial charge in [0.25, 0.3) is 0 Å². The molecule has 0 aromatic carbocycles. The van der Waals surface area contributed by atoms with Crippen LogP contribution in [0.1, 0.15) is 71.1 Å². The third-order valence-electron chi connectivity index (χ3n) is 5.69. The normalized spacial score (nSPS) is 37.4. The van der Waals surface area contributed by atoms with Gasteiger partial charge < -0.3 is 10.6 Å². The average Bonchev–Trinajstić information content (AvgIpc) is 3.09. The summed E-state index contributed by atoms with van der Waals surface area (Å²) in [5, 5.41) is 7.82. The molecule has 0 amide bonds. The third-order valence-corrected chi connectivity index (χ3v) is 5.69. The van der Waals surface area contributed by atoms with Crippen molar-refractivity contribution in [2.75, 3.05) is 6.54 Å². The Kier molecular flexibility index (Phi) is 4.81. The van der Waals surface area contributed by atoms with Crippen molar-refractivity contribution in [3.05, 3.63) is 0 Å². The number of hydrogen-bond donors (Lipinski definition) is 2. The van der Waals surface area contributed by atoms with Crippen LogP contribution in [0.4, 0.5) is 0 Å². The molecule has 0 aromatic rings. The van der Waals surface area contributed by atoms with E-state index in [9.17, 15) is 0 Å². The molecule has 0 bridgehead atoms. The maximum atomic E-state index is 4.06. The molecule has 4 unspecified atom stereocenters. The average molecular weight is 264 g/mol. The summed E-state index contributed by atoms with van der Waals surface area (Å²) in [6.07, 6.45) is 14.3. The molecule has 110 valence electrons. The summed E-state index contributed by atoms with van der Waals surface area (Å²) in [5.74, 6) is 1.97. The standard InChI is InChI=1S/C17H32N2/c1-2-14(12-13-9-10-13)19-17-7-4-3-6-15(17)16-8-5-11-18-16/h13-19H,2-12H2,1H3. The van der Waals surface area contributed by atoms with E-state index in [0.29, 0.717) is 0 Å². The largest absolute Gasteiger partial charge is 0.314 e. The zero-order valence-corrected chi connectivity index (χ0v) is 12.7. The molecule has 3 rings (SSSR count). The molecule has 2 aliphatic carbocycles. The summed E-state index contributed by atoms with van der Waals surface area (Å²) in [6, 6.07) is 2.41. The Morgan fingerprint density at radius 2 is 1.89 bits per heavy atom. The Hall–Kier alpha value is -0.0800. The van der Waals surface area contributed by atoms with Crippen LogP contribution in [-0.2, 0) is 0 Å². The van der Waals surface area contributed by atoms with Crippen molar-refractivity contribution in [2.45, 2.75) is 89.3 Å². The number of nitrogens with one attached hydrogen (secondary N) is 2. The highest BCUT2D eigenvalue weighted by Gasteiger charge is 2.34. The molecule has 0 spiro atoms. The molecule has 2 saturated carbocycles. The molecule has 2 nitrogen and oxygen atoms in total. The summed E-state index contributed by atoms with van der Waals surface area (Å²) >= 11 is 0. The predicted molar refractivity (Wildman–Crippen MR) is 81.3 cm³/mol. The highest BCUT2D eigenvalue weighted by molar-refractivity contribution is 4.93. The summed E-state index contributed by atoms with van der Waals surface area (Å²) in [4.78, 5) is 0. The first-order valence-electron chi connectivity index (χ1n) is 8.86. The van der Waals surface area contributed by atoms with E-state index >= 15 is 0 Å². The lowest BCUT2D eigenvalue weighted by atomic mass is 9.78. The lowest BCUT2D eigenvalue weighted by Crippen LogP contribution is -2.50. The van der Waals surface area contributed by atoms with Gasteiger partial charge in [0.1, 0.15) is 0 Å². The molecule has 4 atom stereocenters. The van der Waals surface area contributed by atoms with E-state index in [-0.39, 0.29) is 0 Å². The smallest absolute Gasteiger partial charge is 0.0113 e. The van der Waals surface area contributed by atoms with E-state index in [1.165, 1.54) is 70.8 Å². The Bertz CT molecular complexity index is 268. The van der Waals surface area contributed by atoms with Gasteiger partial charge in [-0.15, -0.1) is 0 Å². The van der Waals surface area contributed by atoms with Crippen LogP contribution in [0.2, 0.25) is 0 Å². The van der Waals surface area contributed by atoms with Crippen LogP contribution in [0, 0.1) is 11.8 Å². The maximum absolute atomic E-state index is 4.06. The fourth-order valence-corrected chi connectivity index (χ4v) is 4.34. The van der Waals surface area contributed by atoms with Gasteiger partial charge in [0.15, 0.2) is 0 Å². The van der Waals surface area contributed by atoms with Crippen molar-refractivity contribution in [2.24, 2.45) is 11.8 Å². The molecular formula is C17H32N2. The van der Waals surface area contributed by atoms with Gasteiger partial charge in [0.2, 0.25) is 0 Å². The second-order valence-corrected chi connectivity index (χ2v) is 7.21. The summed E-state index contributed by atoms with van der Waals surface area (Å²) in [5.41, 5.74) is 0. The molecule has 0 radical (unpaired) electrons. The lowest BCUT2D eigenvalue weighted by molar-refractivity contribution is 0.195. The van der Waals surface area contributed by atoms with E-state index < -0.39 is 0 Å². The second kappa shape index (κ2) is 6.58. The Labute approximate surface area is 119 Å². The molecule has 2 heteroatoms. The first kappa shape index (κ1) is 13.9. The van der Waals surface area contributed by atoms with Crippen molar-refractivity contribution in [3.63, 3.8) is 0 Å². The quantitative estimate of drug-likeness (QED) is 0.767. The van der Waals surface area contributed by atoms with Crippen LogP contribution in [-0.4, -0.2) is 24.7 Å². The van der Waals surface area contributed by atoms with Gasteiger partial charge in [-0.25, -0.2) is 0 Å². The minimum atomic E-state index is 0.791. The monoisotopic (exact) mass is 264 g/mol. The fraction of sp³-hybridized carbons (Fsp3) is 1.00. The van der Waals surface area contributed by atoms with Crippen LogP contribution in [0.25, 0.3) is 0 Å². The zero-order valence-electron chi connectivity index (χ0n) is 12.7. The summed E-state index contributed by atoms with van der Waals surface area (Å²) in [7, 11) is 0. The molecule has 2 N–H and O–H groups in total. The van der Waals surface area contributed by atoms with Gasteiger partial charge in [-0.2, -0.15) is 0 Å². The van der Waals surface area contributed by atoms with Crippen LogP contribution in [0.15, 0.2) is 0 Å². The Balaban J connectivity index is 1.55.